The molecule has 0 radical (unpaired) electrons. The molecule has 0 saturated carbocycles. The topological polar surface area (TPSA) is 82.8 Å². The van der Waals surface area contributed by atoms with Gasteiger partial charge in [0.25, 0.3) is 0 Å². The number of carbonyl (C=O) groups excluding carboxylic acids is 2. The van der Waals surface area contributed by atoms with Crippen LogP contribution in [0.4, 0.5) is 11.4 Å². The lowest BCUT2D eigenvalue weighted by Crippen LogP contribution is -2.50. The molecular formula is C24H24ClN5O3. The van der Waals surface area contributed by atoms with E-state index in [0.29, 0.717) is 36.4 Å². The van der Waals surface area contributed by atoms with E-state index < -0.39 is 0 Å². The predicted molar refractivity (Wildman–Crippen MR) is 125 cm³/mol. The van der Waals surface area contributed by atoms with Crippen LogP contribution in [0.2, 0.25) is 5.02 Å². The highest BCUT2D eigenvalue weighted by Gasteiger charge is 2.38. The Morgan fingerprint density at radius 3 is 2.48 bits per heavy atom. The number of aromatic nitrogens is 2. The van der Waals surface area contributed by atoms with E-state index in [4.69, 9.17) is 16.1 Å². The molecule has 2 fully saturated rings. The van der Waals surface area contributed by atoms with E-state index >= 15 is 0 Å². The summed E-state index contributed by atoms with van der Waals surface area (Å²) >= 11 is 6.07. The van der Waals surface area contributed by atoms with Gasteiger partial charge in [-0.25, -0.2) is 0 Å². The zero-order valence-corrected chi connectivity index (χ0v) is 19.0. The van der Waals surface area contributed by atoms with Crippen LogP contribution in [0.25, 0.3) is 11.4 Å². The number of hydrogen-bond acceptors (Lipinski definition) is 6. The van der Waals surface area contributed by atoms with Crippen LogP contribution in [-0.2, 0) is 9.59 Å². The fraction of sp³-hybridized carbons (Fsp3) is 0.333. The lowest BCUT2D eigenvalue weighted by molar-refractivity contribution is -0.136. The molecule has 8 nitrogen and oxygen atoms in total. The number of aryl methyl sites for hydroxylation is 1. The SMILES string of the molecule is Cc1nc(-c2ccc(N3CCN(C(=O)[C@@H]4CC(=O)N(c5cccc(Cl)c5)C4)CC3)cc2)no1. The van der Waals surface area contributed by atoms with E-state index in [0.717, 1.165) is 30.0 Å². The van der Waals surface area contributed by atoms with Gasteiger partial charge in [0.15, 0.2) is 0 Å². The number of nitrogens with zero attached hydrogens (tertiary/aromatic N) is 5. The van der Waals surface area contributed by atoms with Crippen molar-refractivity contribution < 1.29 is 14.1 Å². The van der Waals surface area contributed by atoms with E-state index in [1.165, 1.54) is 0 Å². The molecule has 1 atom stereocenters. The highest BCUT2D eigenvalue weighted by atomic mass is 35.5. The van der Waals surface area contributed by atoms with Crippen molar-refractivity contribution >= 4 is 34.8 Å². The Morgan fingerprint density at radius 2 is 1.82 bits per heavy atom. The molecule has 3 heterocycles. The monoisotopic (exact) mass is 465 g/mol. The Bertz CT molecular complexity index is 1170. The zero-order valence-electron chi connectivity index (χ0n) is 18.3. The van der Waals surface area contributed by atoms with E-state index in [2.05, 4.69) is 15.0 Å². The number of benzene rings is 2. The minimum Gasteiger partial charge on any atom is -0.368 e. The Balaban J connectivity index is 1.18. The zero-order chi connectivity index (χ0) is 22.9. The average molecular weight is 466 g/mol. The smallest absolute Gasteiger partial charge is 0.228 e. The number of rotatable bonds is 4. The van der Waals surface area contributed by atoms with Crippen LogP contribution < -0.4 is 9.80 Å². The molecule has 0 aliphatic carbocycles. The van der Waals surface area contributed by atoms with Gasteiger partial charge in [0.1, 0.15) is 0 Å². The van der Waals surface area contributed by atoms with E-state index in [-0.39, 0.29) is 24.2 Å². The standard InChI is InChI=1S/C24H24ClN5O3/c1-16-26-23(27-33-16)17-5-7-20(8-6-17)28-9-11-29(12-10-28)24(32)18-13-22(31)30(15-18)21-4-2-3-19(25)14-21/h2-8,14,18H,9-13,15H2,1H3/t18-/m1/s1. The summed E-state index contributed by atoms with van der Waals surface area (Å²) in [6, 6.07) is 15.2. The molecule has 2 aliphatic heterocycles. The molecule has 2 saturated heterocycles. The number of piperazine rings is 1. The normalized spacial score (nSPS) is 18.8. The van der Waals surface area contributed by atoms with Gasteiger partial charge < -0.3 is 19.2 Å². The summed E-state index contributed by atoms with van der Waals surface area (Å²) in [7, 11) is 0. The Morgan fingerprint density at radius 1 is 1.06 bits per heavy atom. The molecule has 170 valence electrons. The number of carbonyl (C=O) groups is 2. The first kappa shape index (κ1) is 21.5. The van der Waals surface area contributed by atoms with Crippen LogP contribution in [0, 0.1) is 12.8 Å². The summed E-state index contributed by atoms with van der Waals surface area (Å²) in [5.74, 6) is 0.809. The Labute approximate surface area is 196 Å². The lowest BCUT2D eigenvalue weighted by atomic mass is 10.1. The van der Waals surface area contributed by atoms with Crippen molar-refractivity contribution in [2.75, 3.05) is 42.5 Å². The van der Waals surface area contributed by atoms with Gasteiger partial charge in [-0.3, -0.25) is 9.59 Å². The largest absolute Gasteiger partial charge is 0.368 e. The van der Waals surface area contributed by atoms with Crippen molar-refractivity contribution in [3.63, 3.8) is 0 Å². The van der Waals surface area contributed by atoms with Crippen molar-refractivity contribution in [2.45, 2.75) is 13.3 Å². The third-order valence-corrected chi connectivity index (χ3v) is 6.44. The molecule has 0 unspecified atom stereocenters. The molecule has 2 aromatic carbocycles. The van der Waals surface area contributed by atoms with E-state index in [1.54, 1.807) is 24.0 Å². The second kappa shape index (κ2) is 8.86. The van der Waals surface area contributed by atoms with Crippen molar-refractivity contribution in [3.8, 4) is 11.4 Å². The van der Waals surface area contributed by atoms with Crippen LogP contribution >= 0.6 is 11.6 Å². The van der Waals surface area contributed by atoms with Crippen molar-refractivity contribution in [2.24, 2.45) is 5.92 Å². The minimum absolute atomic E-state index is 0.0360. The molecular weight excluding hydrogens is 442 g/mol. The van der Waals surface area contributed by atoms with Crippen molar-refractivity contribution in [1.29, 1.82) is 0 Å². The number of anilines is 2. The lowest BCUT2D eigenvalue weighted by Gasteiger charge is -2.37. The van der Waals surface area contributed by atoms with Crippen LogP contribution in [-0.4, -0.2) is 59.6 Å². The summed E-state index contributed by atoms with van der Waals surface area (Å²) in [5.41, 5.74) is 2.74. The second-order valence-electron chi connectivity index (χ2n) is 8.38. The van der Waals surface area contributed by atoms with Gasteiger partial charge in [-0.15, -0.1) is 0 Å². The number of amides is 2. The van der Waals surface area contributed by atoms with Crippen LogP contribution in [0.1, 0.15) is 12.3 Å². The summed E-state index contributed by atoms with van der Waals surface area (Å²) in [5, 5.41) is 4.53. The minimum atomic E-state index is -0.319. The summed E-state index contributed by atoms with van der Waals surface area (Å²) < 4.78 is 5.05. The van der Waals surface area contributed by atoms with E-state index in [1.807, 2.05) is 41.3 Å². The van der Waals surface area contributed by atoms with Gasteiger partial charge in [-0.1, -0.05) is 22.8 Å². The first-order chi connectivity index (χ1) is 16.0. The number of hydrogen-bond donors (Lipinski definition) is 0. The fourth-order valence-electron chi connectivity index (χ4n) is 4.45. The molecule has 1 aromatic heterocycles. The molecule has 3 aromatic rings. The summed E-state index contributed by atoms with van der Waals surface area (Å²) in [6.45, 7) is 4.91. The first-order valence-corrected chi connectivity index (χ1v) is 11.4. The van der Waals surface area contributed by atoms with Gasteiger partial charge in [-0.2, -0.15) is 4.98 Å². The molecule has 2 aliphatic rings. The van der Waals surface area contributed by atoms with Crippen LogP contribution in [0.15, 0.2) is 53.1 Å². The summed E-state index contributed by atoms with van der Waals surface area (Å²) in [4.78, 5) is 35.7. The molecule has 9 heteroatoms. The quantitative estimate of drug-likeness (QED) is 0.587. The van der Waals surface area contributed by atoms with E-state index in [9.17, 15) is 9.59 Å². The molecule has 2 amide bonds. The molecule has 0 bridgehead atoms. The molecule has 33 heavy (non-hydrogen) atoms. The predicted octanol–water partition coefficient (Wildman–Crippen LogP) is 3.40. The first-order valence-electron chi connectivity index (χ1n) is 11.0. The maximum Gasteiger partial charge on any atom is 0.228 e. The fourth-order valence-corrected chi connectivity index (χ4v) is 4.63. The summed E-state index contributed by atoms with van der Waals surface area (Å²) in [6.07, 6.45) is 0.239. The maximum atomic E-state index is 13.1. The molecule has 5 rings (SSSR count). The second-order valence-corrected chi connectivity index (χ2v) is 8.82. The Kier molecular flexibility index (Phi) is 5.76. The van der Waals surface area contributed by atoms with Crippen molar-refractivity contribution in [3.05, 3.63) is 59.4 Å². The van der Waals surface area contributed by atoms with Gasteiger partial charge >= 0.3 is 0 Å². The van der Waals surface area contributed by atoms with Gasteiger partial charge in [0, 0.05) is 68.0 Å². The average Bonchev–Trinajstić information content (AvgIpc) is 3.44. The van der Waals surface area contributed by atoms with Gasteiger partial charge in [0.2, 0.25) is 23.5 Å². The highest BCUT2D eigenvalue weighted by Crippen LogP contribution is 2.29. The van der Waals surface area contributed by atoms with Gasteiger partial charge in [-0.05, 0) is 42.5 Å². The van der Waals surface area contributed by atoms with Crippen LogP contribution in [0.5, 0.6) is 0 Å². The van der Waals surface area contributed by atoms with Crippen LogP contribution in [0.3, 0.4) is 0 Å². The number of halogens is 1. The molecule has 0 spiro atoms. The maximum absolute atomic E-state index is 13.1. The third kappa shape index (κ3) is 4.43. The third-order valence-electron chi connectivity index (χ3n) is 6.20. The Hall–Kier alpha value is -3.39. The highest BCUT2D eigenvalue weighted by molar-refractivity contribution is 6.31. The van der Waals surface area contributed by atoms with Crippen molar-refractivity contribution in [1.82, 2.24) is 15.0 Å². The molecule has 0 N–H and O–H groups in total. The van der Waals surface area contributed by atoms with Gasteiger partial charge in [0.05, 0.1) is 5.92 Å².